The van der Waals surface area contributed by atoms with E-state index in [9.17, 15) is 9.90 Å². The molecule has 2 aromatic carbocycles. The number of hydrogen-bond acceptors (Lipinski definition) is 5. The second kappa shape index (κ2) is 9.17. The van der Waals surface area contributed by atoms with Crippen molar-refractivity contribution < 1.29 is 14.6 Å². The Morgan fingerprint density at radius 2 is 2.04 bits per heavy atom. The molecule has 2 aromatic rings. The van der Waals surface area contributed by atoms with Crippen molar-refractivity contribution in [3.05, 3.63) is 47.0 Å². The van der Waals surface area contributed by atoms with Gasteiger partial charge in [0.1, 0.15) is 0 Å². The third kappa shape index (κ3) is 5.72. The number of phenols is 1. The highest BCUT2D eigenvalue weighted by Crippen LogP contribution is 2.33. The zero-order valence-corrected chi connectivity index (χ0v) is 15.8. The van der Waals surface area contributed by atoms with Crippen LogP contribution in [0.1, 0.15) is 19.4 Å². The Balaban J connectivity index is 2.11. The Labute approximate surface area is 161 Å². The molecule has 0 unspecified atom stereocenters. The summed E-state index contributed by atoms with van der Waals surface area (Å²) in [6, 6.07) is 10.2. The molecule has 0 radical (unpaired) electrons. The number of phenolic OH excluding ortho intramolecular Hbond substituents is 1. The first kappa shape index (κ1) is 19.7. The first-order valence-corrected chi connectivity index (χ1v) is 8.55. The number of rotatable bonds is 5. The van der Waals surface area contributed by atoms with Crippen molar-refractivity contribution in [2.75, 3.05) is 11.9 Å². The summed E-state index contributed by atoms with van der Waals surface area (Å²) in [5.41, 5.74) is 1.83. The molecule has 3 N–H and O–H groups in total. The van der Waals surface area contributed by atoms with Crippen molar-refractivity contribution in [1.82, 2.24) is 5.32 Å². The molecule has 1 amide bonds. The van der Waals surface area contributed by atoms with E-state index in [1.165, 1.54) is 13.1 Å². The van der Waals surface area contributed by atoms with E-state index >= 15 is 0 Å². The number of thiocarbonyl (C=S) groups is 1. The third-order valence-corrected chi connectivity index (χ3v) is 3.56. The molecule has 0 atom stereocenters. The van der Waals surface area contributed by atoms with Gasteiger partial charge in [0.25, 0.3) is 0 Å². The second-order valence-electron chi connectivity index (χ2n) is 5.22. The van der Waals surface area contributed by atoms with E-state index in [-0.39, 0.29) is 16.8 Å². The fourth-order valence-corrected chi connectivity index (χ4v) is 2.53. The van der Waals surface area contributed by atoms with Crippen LogP contribution in [0.3, 0.4) is 0 Å². The summed E-state index contributed by atoms with van der Waals surface area (Å²) in [7, 11) is 0. The molecule has 0 aliphatic carbocycles. The molecule has 0 aromatic heterocycles. The van der Waals surface area contributed by atoms with Crippen LogP contribution in [-0.2, 0) is 4.79 Å². The molecule has 136 valence electrons. The fourth-order valence-electron chi connectivity index (χ4n) is 2.06. The molecular formula is C18H18ClN3O3S. The van der Waals surface area contributed by atoms with E-state index in [0.717, 1.165) is 0 Å². The zero-order valence-electron chi connectivity index (χ0n) is 14.2. The van der Waals surface area contributed by atoms with Crippen LogP contribution in [0.4, 0.5) is 11.4 Å². The Morgan fingerprint density at radius 1 is 1.35 bits per heavy atom. The van der Waals surface area contributed by atoms with E-state index in [2.05, 4.69) is 15.6 Å². The molecular weight excluding hydrogens is 374 g/mol. The predicted molar refractivity (Wildman–Crippen MR) is 108 cm³/mol. The van der Waals surface area contributed by atoms with Crippen molar-refractivity contribution in [2.45, 2.75) is 13.8 Å². The van der Waals surface area contributed by atoms with E-state index in [1.807, 2.05) is 6.92 Å². The van der Waals surface area contributed by atoms with E-state index < -0.39 is 0 Å². The predicted octanol–water partition coefficient (Wildman–Crippen LogP) is 4.03. The van der Waals surface area contributed by atoms with Gasteiger partial charge in [0.15, 0.2) is 16.6 Å². The van der Waals surface area contributed by atoms with Crippen LogP contribution in [0.2, 0.25) is 5.02 Å². The highest BCUT2D eigenvalue weighted by molar-refractivity contribution is 7.80. The van der Waals surface area contributed by atoms with Gasteiger partial charge in [0.2, 0.25) is 5.91 Å². The SMILES string of the molecule is CCOc1cc(Cl)cc(C=Nc2ccc(NC(=S)NC(C)=O)cc2)c1O. The molecule has 0 aliphatic heterocycles. The van der Waals surface area contributed by atoms with Crippen molar-refractivity contribution in [3.63, 3.8) is 0 Å². The van der Waals surface area contributed by atoms with Crippen molar-refractivity contribution >= 4 is 52.4 Å². The molecule has 0 spiro atoms. The van der Waals surface area contributed by atoms with E-state index in [0.29, 0.717) is 34.3 Å². The summed E-state index contributed by atoms with van der Waals surface area (Å²) in [4.78, 5) is 15.3. The average molecular weight is 392 g/mol. The Morgan fingerprint density at radius 3 is 2.65 bits per heavy atom. The summed E-state index contributed by atoms with van der Waals surface area (Å²) in [6.07, 6.45) is 1.51. The summed E-state index contributed by atoms with van der Waals surface area (Å²) in [6.45, 7) is 3.62. The highest BCUT2D eigenvalue weighted by atomic mass is 35.5. The van der Waals surface area contributed by atoms with Crippen molar-refractivity contribution in [1.29, 1.82) is 0 Å². The topological polar surface area (TPSA) is 83.0 Å². The van der Waals surface area contributed by atoms with Crippen molar-refractivity contribution in [2.24, 2.45) is 4.99 Å². The highest BCUT2D eigenvalue weighted by Gasteiger charge is 2.09. The van der Waals surface area contributed by atoms with Crippen LogP contribution in [-0.4, -0.2) is 28.9 Å². The molecule has 2 rings (SSSR count). The lowest BCUT2D eigenvalue weighted by molar-refractivity contribution is -0.117. The Hall–Kier alpha value is -2.64. The second-order valence-corrected chi connectivity index (χ2v) is 6.06. The van der Waals surface area contributed by atoms with Crippen LogP contribution in [0, 0.1) is 0 Å². The molecule has 0 saturated heterocycles. The van der Waals surface area contributed by atoms with Gasteiger partial charge in [-0.2, -0.15) is 0 Å². The van der Waals surface area contributed by atoms with E-state index in [4.69, 9.17) is 28.6 Å². The lowest BCUT2D eigenvalue weighted by Crippen LogP contribution is -2.32. The quantitative estimate of drug-likeness (QED) is 0.529. The maximum atomic E-state index is 10.9. The molecule has 8 heteroatoms. The summed E-state index contributed by atoms with van der Waals surface area (Å²) >= 11 is 11.0. The normalized spacial score (nSPS) is 10.6. The number of hydrogen-bond donors (Lipinski definition) is 3. The number of nitrogens with zero attached hydrogens (tertiary/aromatic N) is 1. The molecule has 6 nitrogen and oxygen atoms in total. The molecule has 0 bridgehead atoms. The van der Waals surface area contributed by atoms with Crippen LogP contribution >= 0.6 is 23.8 Å². The number of carbonyl (C=O) groups excluding carboxylic acids is 1. The van der Waals surface area contributed by atoms with Gasteiger partial charge in [-0.1, -0.05) is 11.6 Å². The number of amides is 1. The Kier molecular flexibility index (Phi) is 6.94. The third-order valence-electron chi connectivity index (χ3n) is 3.14. The number of benzene rings is 2. The zero-order chi connectivity index (χ0) is 19.1. The van der Waals surface area contributed by atoms with Crippen LogP contribution in [0.5, 0.6) is 11.5 Å². The number of carbonyl (C=O) groups is 1. The molecule has 0 aliphatic rings. The minimum Gasteiger partial charge on any atom is -0.504 e. The van der Waals surface area contributed by atoms with Crippen LogP contribution in [0.25, 0.3) is 0 Å². The monoisotopic (exact) mass is 391 g/mol. The average Bonchev–Trinajstić information content (AvgIpc) is 2.57. The van der Waals surface area contributed by atoms with Gasteiger partial charge in [0, 0.05) is 35.5 Å². The van der Waals surface area contributed by atoms with Gasteiger partial charge in [-0.25, -0.2) is 0 Å². The minimum absolute atomic E-state index is 0.0149. The number of aliphatic imine (C=N–C) groups is 1. The lowest BCUT2D eigenvalue weighted by Gasteiger charge is -2.09. The maximum Gasteiger partial charge on any atom is 0.222 e. The van der Waals surface area contributed by atoms with Gasteiger partial charge < -0.3 is 20.5 Å². The first-order chi connectivity index (χ1) is 12.4. The maximum absolute atomic E-state index is 10.9. The lowest BCUT2D eigenvalue weighted by atomic mass is 10.2. The number of nitrogens with one attached hydrogen (secondary N) is 2. The van der Waals surface area contributed by atoms with Crippen LogP contribution < -0.4 is 15.4 Å². The van der Waals surface area contributed by atoms with Gasteiger partial charge in [-0.3, -0.25) is 9.79 Å². The molecule has 0 fully saturated rings. The Bertz CT molecular complexity index is 838. The molecule has 26 heavy (non-hydrogen) atoms. The minimum atomic E-state index is -0.239. The number of ether oxygens (including phenoxy) is 1. The van der Waals surface area contributed by atoms with Crippen molar-refractivity contribution in [3.8, 4) is 11.5 Å². The summed E-state index contributed by atoms with van der Waals surface area (Å²) < 4.78 is 5.34. The largest absolute Gasteiger partial charge is 0.504 e. The first-order valence-electron chi connectivity index (χ1n) is 7.77. The molecule has 0 saturated carbocycles. The summed E-state index contributed by atoms with van der Waals surface area (Å²) in [5, 5.41) is 16.2. The molecule has 0 heterocycles. The van der Waals surface area contributed by atoms with Gasteiger partial charge in [-0.15, -0.1) is 0 Å². The standard InChI is InChI=1S/C18H18ClN3O3S/c1-3-25-16-9-13(19)8-12(17(16)24)10-20-14-4-6-15(7-5-14)22-18(26)21-11(2)23/h4-10,24H,3H2,1-2H3,(H2,21,22,23,26). The number of aromatic hydroxyl groups is 1. The van der Waals surface area contributed by atoms with Crippen LogP contribution in [0.15, 0.2) is 41.4 Å². The summed E-state index contributed by atoms with van der Waals surface area (Å²) in [5.74, 6) is 0.0582. The van der Waals surface area contributed by atoms with Gasteiger partial charge in [-0.05, 0) is 49.5 Å². The fraction of sp³-hybridized carbons (Fsp3) is 0.167. The van der Waals surface area contributed by atoms with E-state index in [1.54, 1.807) is 36.4 Å². The number of anilines is 1. The van der Waals surface area contributed by atoms with Gasteiger partial charge in [0.05, 0.1) is 12.3 Å². The smallest absolute Gasteiger partial charge is 0.222 e. The van der Waals surface area contributed by atoms with Gasteiger partial charge >= 0.3 is 0 Å². The number of halogens is 1.